The number of hydrogen-bond acceptors (Lipinski definition) is 8. The van der Waals surface area contributed by atoms with Gasteiger partial charge in [0.1, 0.15) is 6.61 Å². The summed E-state index contributed by atoms with van der Waals surface area (Å²) >= 11 is 0. The maximum Gasteiger partial charge on any atom is 0.472 e. The average molecular weight is 1320 g/mol. The SMILES string of the molecule is CC/C=C\C/C=C\C/C=C\C/C=C\C/C=C\C/C=C\CCCCCCCCCCCCCCCCCCCCCCC(=O)OC(COC(=O)CCCCCCCCCCCCCCCCCCC/C=C\C/C=C\C/C=C\C/C=C\C/C=C\CC)COP(=O)(O)OCCN. The standard InChI is InChI=1S/C83H144NO8P/c1-3-5-7-9-11-13-15-17-19-21-23-25-27-29-31-33-35-37-38-39-40-41-42-44-46-48-50-52-54-56-58-60-62-64-66-68-70-72-74-76-83(86)92-81(80-91-93(87,88)90-78-77-84)79-89-82(85)75-73-71-69-67-65-63-61-59-57-55-53-51-49-47-45-43-36-34-32-30-28-26-24-22-20-18-16-14-12-10-8-6-4-2/h5-8,11-14,17-20,23-26,29-32,35,37,81H,3-4,9-10,15-16,21-22,27-28,33-34,36,38-80,84H2,1-2H3,(H,87,88)/b7-5-,8-6-,13-11-,14-12-,19-17-,20-18-,25-23-,26-24-,31-29-,32-30-,37-35-. The lowest BCUT2D eigenvalue weighted by molar-refractivity contribution is -0.161. The Morgan fingerprint density at radius 2 is 0.559 bits per heavy atom. The summed E-state index contributed by atoms with van der Waals surface area (Å²) in [6.07, 6.45) is 110. The van der Waals surface area contributed by atoms with E-state index in [0.717, 1.165) is 109 Å². The lowest BCUT2D eigenvalue weighted by Crippen LogP contribution is -2.29. The van der Waals surface area contributed by atoms with Crippen molar-refractivity contribution in [3.05, 3.63) is 134 Å². The summed E-state index contributed by atoms with van der Waals surface area (Å²) in [5.74, 6) is -0.816. The van der Waals surface area contributed by atoms with Crippen molar-refractivity contribution in [1.29, 1.82) is 0 Å². The van der Waals surface area contributed by atoms with Crippen molar-refractivity contribution in [2.24, 2.45) is 5.73 Å². The number of ether oxygens (including phenoxy) is 2. The van der Waals surface area contributed by atoms with E-state index in [2.05, 4.69) is 148 Å². The van der Waals surface area contributed by atoms with Crippen LogP contribution in [-0.2, 0) is 32.7 Å². The van der Waals surface area contributed by atoms with Crippen LogP contribution in [-0.4, -0.2) is 49.3 Å². The molecular weight excluding hydrogens is 1170 g/mol. The van der Waals surface area contributed by atoms with E-state index in [1.807, 2.05) is 0 Å². The van der Waals surface area contributed by atoms with Crippen LogP contribution in [0.3, 0.4) is 0 Å². The number of esters is 2. The topological polar surface area (TPSA) is 134 Å². The van der Waals surface area contributed by atoms with Gasteiger partial charge in [0.2, 0.25) is 0 Å². The van der Waals surface area contributed by atoms with Crippen molar-refractivity contribution >= 4 is 19.8 Å². The number of allylic oxidation sites excluding steroid dienone is 22. The molecule has 10 heteroatoms. The zero-order valence-electron chi connectivity index (χ0n) is 60.2. The maximum absolute atomic E-state index is 12.8. The van der Waals surface area contributed by atoms with Gasteiger partial charge in [-0.2, -0.15) is 0 Å². The minimum Gasteiger partial charge on any atom is -0.462 e. The third-order valence-electron chi connectivity index (χ3n) is 16.5. The third kappa shape index (κ3) is 77.0. The summed E-state index contributed by atoms with van der Waals surface area (Å²) in [6.45, 7) is 3.55. The molecule has 93 heavy (non-hydrogen) atoms. The number of phosphoric acid groups is 1. The highest BCUT2D eigenvalue weighted by molar-refractivity contribution is 7.47. The Bertz CT molecular complexity index is 1990. The first-order chi connectivity index (χ1) is 45.8. The zero-order chi connectivity index (χ0) is 67.2. The molecule has 0 amide bonds. The van der Waals surface area contributed by atoms with Crippen LogP contribution in [0.4, 0.5) is 0 Å². The molecule has 0 aliphatic rings. The molecule has 3 N–H and O–H groups in total. The normalized spacial score (nSPS) is 13.6. The van der Waals surface area contributed by atoms with Gasteiger partial charge in [-0.3, -0.25) is 18.6 Å². The van der Waals surface area contributed by atoms with E-state index in [1.54, 1.807) is 0 Å². The van der Waals surface area contributed by atoms with E-state index in [1.165, 1.54) is 205 Å². The lowest BCUT2D eigenvalue weighted by Gasteiger charge is -2.19. The molecule has 2 atom stereocenters. The van der Waals surface area contributed by atoms with Gasteiger partial charge in [-0.1, -0.05) is 359 Å². The van der Waals surface area contributed by atoms with Crippen molar-refractivity contribution in [3.63, 3.8) is 0 Å². The predicted molar refractivity (Wildman–Crippen MR) is 404 cm³/mol. The Hall–Kier alpha value is -3.85. The fourth-order valence-electron chi connectivity index (χ4n) is 10.9. The highest BCUT2D eigenvalue weighted by atomic mass is 31.2. The Morgan fingerprint density at radius 3 is 0.828 bits per heavy atom. The smallest absolute Gasteiger partial charge is 0.462 e. The highest BCUT2D eigenvalue weighted by Crippen LogP contribution is 2.43. The second kappa shape index (κ2) is 77.2. The summed E-state index contributed by atoms with van der Waals surface area (Å²) in [5.41, 5.74) is 5.41. The molecule has 0 saturated heterocycles. The van der Waals surface area contributed by atoms with E-state index in [-0.39, 0.29) is 38.6 Å². The third-order valence-corrected chi connectivity index (χ3v) is 17.5. The molecule has 0 aliphatic heterocycles. The van der Waals surface area contributed by atoms with Crippen LogP contribution in [0.5, 0.6) is 0 Å². The van der Waals surface area contributed by atoms with Gasteiger partial charge < -0.3 is 20.1 Å². The number of phosphoric ester groups is 1. The molecule has 9 nitrogen and oxygen atoms in total. The number of hydrogen-bond donors (Lipinski definition) is 2. The predicted octanol–water partition coefficient (Wildman–Crippen LogP) is 26.0. The van der Waals surface area contributed by atoms with Crippen LogP contribution in [0.15, 0.2) is 134 Å². The zero-order valence-corrected chi connectivity index (χ0v) is 61.1. The largest absolute Gasteiger partial charge is 0.472 e. The van der Waals surface area contributed by atoms with Crippen molar-refractivity contribution in [2.45, 2.75) is 354 Å². The summed E-state index contributed by atoms with van der Waals surface area (Å²) < 4.78 is 33.3. The second-order valence-corrected chi connectivity index (χ2v) is 26.9. The van der Waals surface area contributed by atoms with Gasteiger partial charge in [0.25, 0.3) is 0 Å². The van der Waals surface area contributed by atoms with Crippen molar-refractivity contribution in [1.82, 2.24) is 0 Å². The summed E-state index contributed by atoms with van der Waals surface area (Å²) in [6, 6.07) is 0. The summed E-state index contributed by atoms with van der Waals surface area (Å²) in [5, 5.41) is 0. The van der Waals surface area contributed by atoms with Gasteiger partial charge in [-0.25, -0.2) is 4.57 Å². The molecule has 534 valence electrons. The molecule has 0 saturated carbocycles. The van der Waals surface area contributed by atoms with Gasteiger partial charge in [0.15, 0.2) is 6.10 Å². The van der Waals surface area contributed by atoms with Crippen molar-refractivity contribution in [3.8, 4) is 0 Å². The number of carbonyl (C=O) groups is 2. The Balaban J connectivity index is 3.82. The molecule has 0 aromatic rings. The lowest BCUT2D eigenvalue weighted by atomic mass is 10.0. The van der Waals surface area contributed by atoms with Gasteiger partial charge in [-0.05, 0) is 109 Å². The summed E-state index contributed by atoms with van der Waals surface area (Å²) in [7, 11) is -4.40. The first-order valence-corrected chi connectivity index (χ1v) is 40.2. The maximum atomic E-state index is 12.8. The highest BCUT2D eigenvalue weighted by Gasteiger charge is 2.26. The fourth-order valence-corrected chi connectivity index (χ4v) is 11.7. The molecule has 2 unspecified atom stereocenters. The molecule has 0 radical (unpaired) electrons. The monoisotopic (exact) mass is 1310 g/mol. The molecule has 0 aromatic heterocycles. The van der Waals surface area contributed by atoms with Crippen molar-refractivity contribution in [2.75, 3.05) is 26.4 Å². The molecule has 0 heterocycles. The second-order valence-electron chi connectivity index (χ2n) is 25.5. The number of unbranched alkanes of at least 4 members (excludes halogenated alkanes) is 37. The van der Waals surface area contributed by atoms with Gasteiger partial charge in [0, 0.05) is 19.4 Å². The Morgan fingerprint density at radius 1 is 0.323 bits per heavy atom. The van der Waals surface area contributed by atoms with Crippen LogP contribution in [0.25, 0.3) is 0 Å². The van der Waals surface area contributed by atoms with E-state index < -0.39 is 26.5 Å². The van der Waals surface area contributed by atoms with Gasteiger partial charge >= 0.3 is 19.8 Å². The molecule has 0 fully saturated rings. The van der Waals surface area contributed by atoms with Crippen LogP contribution in [0, 0.1) is 0 Å². The van der Waals surface area contributed by atoms with Crippen molar-refractivity contribution < 1.29 is 37.6 Å². The molecule has 0 rings (SSSR count). The quantitative estimate of drug-likeness (QED) is 0.0264. The average Bonchev–Trinajstić information content (AvgIpc) is 3.60. The number of carbonyl (C=O) groups excluding carboxylic acids is 2. The fraction of sp³-hybridized carbons (Fsp3) is 0.711. The van der Waals surface area contributed by atoms with Crippen LogP contribution in [0.1, 0.15) is 348 Å². The molecule has 0 aromatic carbocycles. The Labute approximate surface area is 574 Å². The first kappa shape index (κ1) is 89.2. The molecule has 0 aliphatic carbocycles. The number of rotatable bonds is 72. The molecule has 0 bridgehead atoms. The van der Waals surface area contributed by atoms with E-state index in [4.69, 9.17) is 24.3 Å². The van der Waals surface area contributed by atoms with Gasteiger partial charge in [0.05, 0.1) is 13.2 Å². The summed E-state index contributed by atoms with van der Waals surface area (Å²) in [4.78, 5) is 35.5. The first-order valence-electron chi connectivity index (χ1n) is 38.7. The molecular formula is C83H144NO8P. The van der Waals surface area contributed by atoms with Crippen LogP contribution < -0.4 is 5.73 Å². The molecule has 0 spiro atoms. The van der Waals surface area contributed by atoms with E-state index in [0.29, 0.717) is 6.42 Å². The van der Waals surface area contributed by atoms with Gasteiger partial charge in [-0.15, -0.1) is 0 Å². The van der Waals surface area contributed by atoms with E-state index in [9.17, 15) is 19.0 Å². The van der Waals surface area contributed by atoms with Crippen LogP contribution >= 0.6 is 7.82 Å². The Kier molecular flexibility index (Phi) is 74.0. The minimum absolute atomic E-state index is 0.0512. The number of nitrogens with two attached hydrogens (primary N) is 1. The van der Waals surface area contributed by atoms with Crippen LogP contribution in [0.2, 0.25) is 0 Å². The minimum atomic E-state index is -4.40. The van der Waals surface area contributed by atoms with E-state index >= 15 is 0 Å².